The maximum absolute atomic E-state index is 11.6. The summed E-state index contributed by atoms with van der Waals surface area (Å²) in [6.45, 7) is 2.01. The molecule has 0 aliphatic heterocycles. The molecule has 0 amide bonds. The van der Waals surface area contributed by atoms with Crippen molar-refractivity contribution < 1.29 is 19.4 Å². The average Bonchev–Trinajstić information content (AvgIpc) is 2.55. The Labute approximate surface area is 138 Å². The molecule has 1 aromatic rings. The molecule has 1 N–H and O–H groups in total. The molecule has 1 aromatic carbocycles. The summed E-state index contributed by atoms with van der Waals surface area (Å²) < 4.78 is 4.51. The van der Waals surface area contributed by atoms with E-state index in [-0.39, 0.29) is 23.2 Å². The van der Waals surface area contributed by atoms with Crippen LogP contribution >= 0.6 is 0 Å². The molecule has 0 saturated heterocycles. The van der Waals surface area contributed by atoms with Gasteiger partial charge in [0.05, 0.1) is 22.5 Å². The molecule has 9 nitrogen and oxygen atoms in total. The molecule has 0 aromatic heterocycles. The van der Waals surface area contributed by atoms with Crippen LogP contribution in [-0.4, -0.2) is 29.0 Å². The number of hydrogen-bond donors (Lipinski definition) is 1. The van der Waals surface area contributed by atoms with Crippen molar-refractivity contribution in [2.24, 2.45) is 5.92 Å². The van der Waals surface area contributed by atoms with Crippen LogP contribution in [0.15, 0.2) is 12.1 Å². The van der Waals surface area contributed by atoms with Gasteiger partial charge in [-0.25, -0.2) is 4.79 Å². The number of carbonyl (C=O) groups is 1. The average molecular weight is 337 g/mol. The number of carbonyl (C=O) groups excluding carboxylic acids is 1. The smallest absolute Gasteiger partial charge is 0.338 e. The molecule has 1 saturated carbocycles. The van der Waals surface area contributed by atoms with Crippen LogP contribution in [0, 0.1) is 26.1 Å². The Morgan fingerprint density at radius 1 is 1.17 bits per heavy atom. The number of nitrogens with zero attached hydrogens (tertiary/aromatic N) is 2. The van der Waals surface area contributed by atoms with E-state index in [0.29, 0.717) is 0 Å². The summed E-state index contributed by atoms with van der Waals surface area (Å²) in [6.07, 6.45) is 3.78. The van der Waals surface area contributed by atoms with E-state index >= 15 is 0 Å². The number of nitrogens with one attached hydrogen (secondary N) is 1. The molecule has 0 spiro atoms. The van der Waals surface area contributed by atoms with Crippen LogP contribution in [0.5, 0.6) is 0 Å². The van der Waals surface area contributed by atoms with Crippen molar-refractivity contribution >= 4 is 23.0 Å². The number of esters is 1. The van der Waals surface area contributed by atoms with Crippen molar-refractivity contribution in [2.45, 2.75) is 38.6 Å². The number of ether oxygens (including phenoxy) is 1. The first-order chi connectivity index (χ1) is 11.3. The van der Waals surface area contributed by atoms with E-state index in [2.05, 4.69) is 10.1 Å². The van der Waals surface area contributed by atoms with Crippen molar-refractivity contribution in [2.75, 3.05) is 12.4 Å². The molecule has 0 radical (unpaired) electrons. The number of rotatable bonds is 5. The number of anilines is 1. The van der Waals surface area contributed by atoms with Gasteiger partial charge in [0.2, 0.25) is 0 Å². The lowest BCUT2D eigenvalue weighted by atomic mass is 9.85. The zero-order chi connectivity index (χ0) is 17.9. The minimum Gasteiger partial charge on any atom is -0.465 e. The van der Waals surface area contributed by atoms with Crippen molar-refractivity contribution in [1.29, 1.82) is 0 Å². The van der Waals surface area contributed by atoms with Gasteiger partial charge >= 0.3 is 5.97 Å². The SMILES string of the molecule is COC(=O)c1cc([N+](=O)[O-])c(NC2CCCCC2C)c([N+](=O)[O-])c1. The zero-order valence-electron chi connectivity index (χ0n) is 13.5. The van der Waals surface area contributed by atoms with Gasteiger partial charge in [-0.05, 0) is 18.8 Å². The summed E-state index contributed by atoms with van der Waals surface area (Å²) >= 11 is 0. The Morgan fingerprint density at radius 3 is 2.17 bits per heavy atom. The fraction of sp³-hybridized carbons (Fsp3) is 0.533. The van der Waals surface area contributed by atoms with E-state index in [4.69, 9.17) is 0 Å². The third-order valence-corrected chi connectivity index (χ3v) is 4.35. The van der Waals surface area contributed by atoms with Crippen LogP contribution in [0.2, 0.25) is 0 Å². The van der Waals surface area contributed by atoms with Gasteiger partial charge in [0, 0.05) is 18.2 Å². The highest BCUT2D eigenvalue weighted by molar-refractivity contribution is 5.93. The predicted molar refractivity (Wildman–Crippen MR) is 86.1 cm³/mol. The largest absolute Gasteiger partial charge is 0.465 e. The summed E-state index contributed by atoms with van der Waals surface area (Å²) in [7, 11) is 1.11. The molecule has 2 rings (SSSR count). The number of methoxy groups -OCH3 is 1. The van der Waals surface area contributed by atoms with Gasteiger partial charge in [-0.3, -0.25) is 20.2 Å². The molecule has 1 aliphatic carbocycles. The quantitative estimate of drug-likeness (QED) is 0.496. The summed E-state index contributed by atoms with van der Waals surface area (Å²) in [6, 6.07) is 1.93. The lowest BCUT2D eigenvalue weighted by molar-refractivity contribution is -0.392. The third-order valence-electron chi connectivity index (χ3n) is 4.35. The van der Waals surface area contributed by atoms with Crippen molar-refractivity contribution in [1.82, 2.24) is 0 Å². The molecule has 0 bridgehead atoms. The molecular weight excluding hydrogens is 318 g/mol. The summed E-state index contributed by atoms with van der Waals surface area (Å²) in [5, 5.41) is 25.7. The molecular formula is C15H19N3O6. The van der Waals surface area contributed by atoms with Gasteiger partial charge in [0.15, 0.2) is 5.69 Å². The predicted octanol–water partition coefficient (Wildman–Crippen LogP) is 3.28. The van der Waals surface area contributed by atoms with Gasteiger partial charge in [-0.1, -0.05) is 19.8 Å². The van der Waals surface area contributed by atoms with E-state index in [9.17, 15) is 25.0 Å². The molecule has 9 heteroatoms. The van der Waals surface area contributed by atoms with Crippen LogP contribution in [-0.2, 0) is 4.74 Å². The summed E-state index contributed by atoms with van der Waals surface area (Å²) in [5.41, 5.74) is -1.38. The maximum atomic E-state index is 11.6. The highest BCUT2D eigenvalue weighted by Crippen LogP contribution is 2.38. The van der Waals surface area contributed by atoms with Gasteiger partial charge in [0.1, 0.15) is 0 Å². The Bertz CT molecular complexity index is 640. The maximum Gasteiger partial charge on any atom is 0.338 e. The minimum absolute atomic E-state index is 0.0832. The normalized spacial score (nSPS) is 20.2. The molecule has 2 atom stereocenters. The van der Waals surface area contributed by atoms with Gasteiger partial charge in [-0.2, -0.15) is 0 Å². The third kappa shape index (κ3) is 3.61. The van der Waals surface area contributed by atoms with Gasteiger partial charge < -0.3 is 10.1 Å². The van der Waals surface area contributed by atoms with Crippen LogP contribution in [0.25, 0.3) is 0 Å². The molecule has 1 aliphatic rings. The molecule has 2 unspecified atom stereocenters. The fourth-order valence-corrected chi connectivity index (χ4v) is 3.00. The van der Waals surface area contributed by atoms with E-state index in [1.807, 2.05) is 6.92 Å². The Balaban J connectivity index is 2.52. The number of hydrogen-bond acceptors (Lipinski definition) is 7. The second-order valence-corrected chi connectivity index (χ2v) is 5.91. The first kappa shape index (κ1) is 17.6. The Hall–Kier alpha value is -2.71. The first-order valence-electron chi connectivity index (χ1n) is 7.66. The van der Waals surface area contributed by atoms with Crippen LogP contribution in [0.3, 0.4) is 0 Å². The van der Waals surface area contributed by atoms with Gasteiger partial charge in [0.25, 0.3) is 11.4 Å². The van der Waals surface area contributed by atoms with Crippen molar-refractivity contribution in [3.05, 3.63) is 37.9 Å². The first-order valence-corrected chi connectivity index (χ1v) is 7.66. The van der Waals surface area contributed by atoms with Crippen LogP contribution in [0.1, 0.15) is 43.0 Å². The number of nitro groups is 2. The molecule has 130 valence electrons. The second kappa shape index (κ2) is 7.24. The zero-order valence-corrected chi connectivity index (χ0v) is 13.5. The molecule has 24 heavy (non-hydrogen) atoms. The number of nitro benzene ring substituents is 2. The lowest BCUT2D eigenvalue weighted by Crippen LogP contribution is -2.31. The molecule has 1 fully saturated rings. The summed E-state index contributed by atoms with van der Waals surface area (Å²) in [5.74, 6) is -0.614. The van der Waals surface area contributed by atoms with Gasteiger partial charge in [-0.15, -0.1) is 0 Å². The Morgan fingerprint density at radius 2 is 1.71 bits per heavy atom. The van der Waals surface area contributed by atoms with Crippen molar-refractivity contribution in [3.8, 4) is 0 Å². The highest BCUT2D eigenvalue weighted by atomic mass is 16.6. The summed E-state index contributed by atoms with van der Waals surface area (Å²) in [4.78, 5) is 32.9. The second-order valence-electron chi connectivity index (χ2n) is 5.91. The Kier molecular flexibility index (Phi) is 5.32. The topological polar surface area (TPSA) is 125 Å². The minimum atomic E-state index is -0.862. The fourth-order valence-electron chi connectivity index (χ4n) is 3.00. The van der Waals surface area contributed by atoms with Crippen LogP contribution in [0.4, 0.5) is 17.1 Å². The van der Waals surface area contributed by atoms with E-state index in [1.54, 1.807) is 0 Å². The van der Waals surface area contributed by atoms with E-state index < -0.39 is 27.2 Å². The van der Waals surface area contributed by atoms with Crippen molar-refractivity contribution in [3.63, 3.8) is 0 Å². The standard InChI is InChI=1S/C15H19N3O6/c1-9-5-3-4-6-11(9)16-14-12(17(20)21)7-10(15(19)24-2)8-13(14)18(22)23/h7-9,11,16H,3-6H2,1-2H3. The van der Waals surface area contributed by atoms with E-state index in [1.165, 1.54) is 0 Å². The van der Waals surface area contributed by atoms with Crippen LogP contribution < -0.4 is 5.32 Å². The monoisotopic (exact) mass is 337 g/mol. The highest BCUT2D eigenvalue weighted by Gasteiger charge is 2.32. The molecule has 0 heterocycles. The lowest BCUT2D eigenvalue weighted by Gasteiger charge is -2.30. The van der Waals surface area contributed by atoms with E-state index in [0.717, 1.165) is 44.9 Å². The number of benzene rings is 1.